The van der Waals surface area contributed by atoms with Crippen LogP contribution in [0.5, 0.6) is 0 Å². The summed E-state index contributed by atoms with van der Waals surface area (Å²) in [6.45, 7) is 0.675. The minimum atomic E-state index is -0.866. The molecule has 0 aliphatic carbocycles. The van der Waals surface area contributed by atoms with Crippen molar-refractivity contribution < 1.29 is 14.7 Å². The molecule has 1 fully saturated rings. The van der Waals surface area contributed by atoms with Crippen molar-refractivity contribution in [3.8, 4) is 0 Å². The standard InChI is InChI=1S/C14H15NO3/c16-13(11-5-2-1-3-6-11)9-12-7-4-8-15(12)10-14(17)18/h1-3,5-6,9H,4,7-8,10H2,(H,17,18)/b12-9+. The topological polar surface area (TPSA) is 57.6 Å². The van der Waals surface area contributed by atoms with Gasteiger partial charge in [0.05, 0.1) is 0 Å². The molecule has 0 spiro atoms. The molecule has 4 nitrogen and oxygen atoms in total. The van der Waals surface area contributed by atoms with E-state index >= 15 is 0 Å². The molecule has 0 saturated carbocycles. The maximum absolute atomic E-state index is 12.0. The van der Waals surface area contributed by atoms with E-state index in [1.54, 1.807) is 23.1 Å². The summed E-state index contributed by atoms with van der Waals surface area (Å²) in [5, 5.41) is 8.79. The van der Waals surface area contributed by atoms with Crippen molar-refractivity contribution in [3.63, 3.8) is 0 Å². The molecule has 1 aromatic carbocycles. The predicted octanol–water partition coefficient (Wildman–Crippen LogP) is 1.93. The number of aliphatic carboxylic acids is 1. The number of likely N-dealkylation sites (tertiary alicyclic amines) is 1. The fourth-order valence-electron chi connectivity index (χ4n) is 2.10. The molecule has 1 N–H and O–H groups in total. The van der Waals surface area contributed by atoms with Crippen molar-refractivity contribution >= 4 is 11.8 Å². The van der Waals surface area contributed by atoms with Gasteiger partial charge in [0.25, 0.3) is 0 Å². The number of hydrogen-bond acceptors (Lipinski definition) is 3. The second kappa shape index (κ2) is 5.49. The van der Waals surface area contributed by atoms with E-state index in [4.69, 9.17) is 5.11 Å². The lowest BCUT2D eigenvalue weighted by Gasteiger charge is -2.16. The molecule has 0 amide bonds. The minimum Gasteiger partial charge on any atom is -0.480 e. The Balaban J connectivity index is 2.12. The van der Waals surface area contributed by atoms with Crippen LogP contribution in [0.1, 0.15) is 23.2 Å². The van der Waals surface area contributed by atoms with Crippen molar-refractivity contribution in [1.82, 2.24) is 4.90 Å². The number of carbonyl (C=O) groups excluding carboxylic acids is 1. The van der Waals surface area contributed by atoms with Gasteiger partial charge in [0.2, 0.25) is 0 Å². The number of nitrogens with zero attached hydrogens (tertiary/aromatic N) is 1. The summed E-state index contributed by atoms with van der Waals surface area (Å²) in [6, 6.07) is 9.01. The molecule has 1 aromatic rings. The molecule has 0 radical (unpaired) electrons. The average molecular weight is 245 g/mol. The zero-order valence-electron chi connectivity index (χ0n) is 10.0. The first-order chi connectivity index (χ1) is 8.66. The van der Waals surface area contributed by atoms with Crippen LogP contribution in [-0.4, -0.2) is 34.8 Å². The first-order valence-electron chi connectivity index (χ1n) is 5.93. The first kappa shape index (κ1) is 12.4. The Hall–Kier alpha value is -2.10. The summed E-state index contributed by atoms with van der Waals surface area (Å²) in [6.07, 6.45) is 3.23. The first-order valence-corrected chi connectivity index (χ1v) is 5.93. The lowest BCUT2D eigenvalue weighted by atomic mass is 10.1. The van der Waals surface area contributed by atoms with Gasteiger partial charge in [-0.2, -0.15) is 0 Å². The van der Waals surface area contributed by atoms with Crippen LogP contribution in [0, 0.1) is 0 Å². The lowest BCUT2D eigenvalue weighted by Crippen LogP contribution is -2.25. The SMILES string of the molecule is O=C(O)CN1CCC/C1=C\C(=O)c1ccccc1. The van der Waals surface area contributed by atoms with E-state index in [2.05, 4.69) is 0 Å². The largest absolute Gasteiger partial charge is 0.480 e. The minimum absolute atomic E-state index is 0.0338. The average Bonchev–Trinajstić information content (AvgIpc) is 2.77. The highest BCUT2D eigenvalue weighted by Gasteiger charge is 2.20. The van der Waals surface area contributed by atoms with Gasteiger partial charge in [-0.3, -0.25) is 9.59 Å². The van der Waals surface area contributed by atoms with Gasteiger partial charge in [-0.15, -0.1) is 0 Å². The molecule has 94 valence electrons. The van der Waals surface area contributed by atoms with Gasteiger partial charge in [0, 0.05) is 23.9 Å². The van der Waals surface area contributed by atoms with Gasteiger partial charge in [-0.05, 0) is 12.8 Å². The Morgan fingerprint density at radius 2 is 2.00 bits per heavy atom. The number of ketones is 1. The fraction of sp³-hybridized carbons (Fsp3) is 0.286. The highest BCUT2D eigenvalue weighted by atomic mass is 16.4. The fourth-order valence-corrected chi connectivity index (χ4v) is 2.10. The van der Waals surface area contributed by atoms with Crippen LogP contribution in [-0.2, 0) is 4.79 Å². The molecule has 2 rings (SSSR count). The third-order valence-electron chi connectivity index (χ3n) is 2.95. The van der Waals surface area contributed by atoms with Crippen LogP contribution in [0.2, 0.25) is 0 Å². The summed E-state index contributed by atoms with van der Waals surface area (Å²) in [7, 11) is 0. The van der Waals surface area contributed by atoms with E-state index in [1.807, 2.05) is 18.2 Å². The van der Waals surface area contributed by atoms with Crippen molar-refractivity contribution in [1.29, 1.82) is 0 Å². The summed E-state index contributed by atoms with van der Waals surface area (Å²) in [4.78, 5) is 24.4. The second-order valence-electron chi connectivity index (χ2n) is 4.28. The number of carboxylic acids is 1. The lowest BCUT2D eigenvalue weighted by molar-refractivity contribution is -0.137. The monoisotopic (exact) mass is 245 g/mol. The van der Waals surface area contributed by atoms with E-state index in [0.29, 0.717) is 12.1 Å². The van der Waals surface area contributed by atoms with E-state index in [-0.39, 0.29) is 12.3 Å². The quantitative estimate of drug-likeness (QED) is 0.650. The summed E-state index contributed by atoms with van der Waals surface area (Å²) in [5.41, 5.74) is 1.46. The molecule has 0 atom stereocenters. The highest BCUT2D eigenvalue weighted by molar-refractivity contribution is 6.04. The third kappa shape index (κ3) is 2.97. The number of allylic oxidation sites excluding steroid dienone is 2. The molecule has 0 bridgehead atoms. The highest BCUT2D eigenvalue weighted by Crippen LogP contribution is 2.21. The van der Waals surface area contributed by atoms with Crippen LogP contribution >= 0.6 is 0 Å². The van der Waals surface area contributed by atoms with Gasteiger partial charge in [-0.25, -0.2) is 0 Å². The smallest absolute Gasteiger partial charge is 0.323 e. The predicted molar refractivity (Wildman–Crippen MR) is 67.3 cm³/mol. The van der Waals surface area contributed by atoms with E-state index in [1.165, 1.54) is 0 Å². The summed E-state index contributed by atoms with van der Waals surface area (Å²) < 4.78 is 0. The molecule has 1 aliphatic rings. The molecule has 1 aliphatic heterocycles. The number of carboxylic acid groups (broad SMARTS) is 1. The molecule has 0 unspecified atom stereocenters. The summed E-state index contributed by atoms with van der Waals surface area (Å²) in [5.74, 6) is -0.933. The number of carbonyl (C=O) groups is 2. The zero-order chi connectivity index (χ0) is 13.0. The number of benzene rings is 1. The van der Waals surface area contributed by atoms with Crippen LogP contribution in [0.4, 0.5) is 0 Å². The van der Waals surface area contributed by atoms with Crippen LogP contribution in [0.3, 0.4) is 0 Å². The molecule has 4 heteroatoms. The normalized spacial score (nSPS) is 17.1. The van der Waals surface area contributed by atoms with E-state index in [9.17, 15) is 9.59 Å². The number of hydrogen-bond donors (Lipinski definition) is 1. The third-order valence-corrected chi connectivity index (χ3v) is 2.95. The molecule has 18 heavy (non-hydrogen) atoms. The van der Waals surface area contributed by atoms with Crippen molar-refractivity contribution in [2.75, 3.05) is 13.1 Å². The Morgan fingerprint density at radius 3 is 2.67 bits per heavy atom. The maximum atomic E-state index is 12.0. The molecule has 1 heterocycles. The van der Waals surface area contributed by atoms with Crippen molar-refractivity contribution in [2.24, 2.45) is 0 Å². The maximum Gasteiger partial charge on any atom is 0.323 e. The molecular weight excluding hydrogens is 230 g/mol. The van der Waals surface area contributed by atoms with Gasteiger partial charge >= 0.3 is 5.97 Å². The summed E-state index contributed by atoms with van der Waals surface area (Å²) >= 11 is 0. The Morgan fingerprint density at radius 1 is 1.28 bits per heavy atom. The molecular formula is C14H15NO3. The van der Waals surface area contributed by atoms with Crippen molar-refractivity contribution in [3.05, 3.63) is 47.7 Å². The van der Waals surface area contributed by atoms with E-state index < -0.39 is 5.97 Å². The number of rotatable bonds is 4. The Labute approximate surface area is 106 Å². The van der Waals surface area contributed by atoms with Crippen LogP contribution in [0.25, 0.3) is 0 Å². The van der Waals surface area contributed by atoms with Gasteiger partial charge in [0.15, 0.2) is 5.78 Å². The Kier molecular flexibility index (Phi) is 3.77. The van der Waals surface area contributed by atoms with Crippen molar-refractivity contribution in [2.45, 2.75) is 12.8 Å². The van der Waals surface area contributed by atoms with Gasteiger partial charge < -0.3 is 10.0 Å². The van der Waals surface area contributed by atoms with Gasteiger partial charge in [0.1, 0.15) is 6.54 Å². The molecule has 0 aromatic heterocycles. The zero-order valence-corrected chi connectivity index (χ0v) is 10.0. The second-order valence-corrected chi connectivity index (χ2v) is 4.28. The van der Waals surface area contributed by atoms with E-state index in [0.717, 1.165) is 18.5 Å². The van der Waals surface area contributed by atoms with Crippen LogP contribution in [0.15, 0.2) is 42.1 Å². The van der Waals surface area contributed by atoms with Gasteiger partial charge in [-0.1, -0.05) is 30.3 Å². The molecule has 1 saturated heterocycles. The Bertz CT molecular complexity index is 479. The van der Waals surface area contributed by atoms with Crippen LogP contribution < -0.4 is 0 Å².